The molecule has 7 heteroatoms. The van der Waals surface area contributed by atoms with E-state index in [9.17, 15) is 9.90 Å². The molecule has 0 radical (unpaired) electrons. The van der Waals surface area contributed by atoms with Gasteiger partial charge in [-0.2, -0.15) is 5.10 Å². The van der Waals surface area contributed by atoms with E-state index in [2.05, 4.69) is 16.9 Å². The third-order valence-corrected chi connectivity index (χ3v) is 6.05. The summed E-state index contributed by atoms with van der Waals surface area (Å²) in [4.78, 5) is 17.1. The molecule has 3 heterocycles. The van der Waals surface area contributed by atoms with E-state index in [1.807, 2.05) is 27.8 Å². The van der Waals surface area contributed by atoms with E-state index >= 15 is 0 Å². The highest BCUT2D eigenvalue weighted by atomic mass is 16.5. The Morgan fingerprint density at radius 2 is 1.97 bits per heavy atom. The Labute approximate surface area is 171 Å². The van der Waals surface area contributed by atoms with Crippen LogP contribution in [-0.2, 0) is 19.5 Å². The standard InChI is InChI=1S/C22H30N4O3/c1-16(12-17-6-7-20(27)21(13-17)29-2)25-10-5-11-26-18(15-25)14-19(23-26)22(28)24-8-3-4-9-24/h6-7,13-14,16,27H,3-5,8-12,15H2,1-2H3/t16-/m0/s1. The molecule has 7 nitrogen and oxygen atoms in total. The molecule has 4 rings (SSSR count). The predicted molar refractivity (Wildman–Crippen MR) is 110 cm³/mol. The quantitative estimate of drug-likeness (QED) is 0.839. The Morgan fingerprint density at radius 3 is 2.72 bits per heavy atom. The van der Waals surface area contributed by atoms with Crippen molar-refractivity contribution in [3.8, 4) is 11.5 Å². The number of aromatic nitrogens is 2. The van der Waals surface area contributed by atoms with Crippen molar-refractivity contribution in [3.05, 3.63) is 41.2 Å². The van der Waals surface area contributed by atoms with Crippen molar-refractivity contribution in [3.63, 3.8) is 0 Å². The lowest BCUT2D eigenvalue weighted by Crippen LogP contribution is -2.34. The van der Waals surface area contributed by atoms with Gasteiger partial charge in [-0.05, 0) is 56.4 Å². The third-order valence-electron chi connectivity index (χ3n) is 6.05. The molecule has 1 saturated heterocycles. The summed E-state index contributed by atoms with van der Waals surface area (Å²) in [6, 6.07) is 7.84. The fourth-order valence-corrected chi connectivity index (χ4v) is 4.37. The molecule has 1 aromatic carbocycles. The summed E-state index contributed by atoms with van der Waals surface area (Å²) < 4.78 is 7.25. The van der Waals surface area contributed by atoms with Gasteiger partial charge >= 0.3 is 0 Å². The normalized spacial score (nSPS) is 18.3. The van der Waals surface area contributed by atoms with Crippen LogP contribution < -0.4 is 4.74 Å². The van der Waals surface area contributed by atoms with E-state index in [1.165, 1.54) is 0 Å². The first-order valence-electron chi connectivity index (χ1n) is 10.5. The minimum atomic E-state index is 0.0684. The molecular weight excluding hydrogens is 368 g/mol. The molecular formula is C22H30N4O3. The fraction of sp³-hybridized carbons (Fsp3) is 0.545. The first kappa shape index (κ1) is 19.8. The monoisotopic (exact) mass is 398 g/mol. The van der Waals surface area contributed by atoms with E-state index in [0.717, 1.165) is 69.7 Å². The highest BCUT2D eigenvalue weighted by molar-refractivity contribution is 5.92. The number of hydrogen-bond acceptors (Lipinski definition) is 5. The van der Waals surface area contributed by atoms with Crippen molar-refractivity contribution >= 4 is 5.91 Å². The van der Waals surface area contributed by atoms with Crippen LogP contribution in [0.15, 0.2) is 24.3 Å². The van der Waals surface area contributed by atoms with Crippen LogP contribution in [0.4, 0.5) is 0 Å². The molecule has 0 bridgehead atoms. The second-order valence-electron chi connectivity index (χ2n) is 8.13. The molecule has 1 atom stereocenters. The third kappa shape index (κ3) is 4.24. The molecule has 0 aliphatic carbocycles. The number of hydrogen-bond donors (Lipinski definition) is 1. The number of aryl methyl sites for hydroxylation is 1. The molecule has 0 saturated carbocycles. The summed E-state index contributed by atoms with van der Waals surface area (Å²) in [5.41, 5.74) is 2.83. The number of phenols is 1. The summed E-state index contributed by atoms with van der Waals surface area (Å²) in [7, 11) is 1.57. The number of nitrogens with zero attached hydrogens (tertiary/aromatic N) is 4. The number of ether oxygens (including phenoxy) is 1. The lowest BCUT2D eigenvalue weighted by atomic mass is 10.0. The summed E-state index contributed by atoms with van der Waals surface area (Å²) in [6.07, 6.45) is 4.05. The Hall–Kier alpha value is -2.54. The lowest BCUT2D eigenvalue weighted by molar-refractivity contribution is 0.0786. The number of fused-ring (bicyclic) bond motifs is 1. The van der Waals surface area contributed by atoms with Crippen molar-refractivity contribution in [2.75, 3.05) is 26.7 Å². The SMILES string of the molecule is COc1cc(C[C@H](C)N2CCCn3nc(C(=O)N4CCCC4)cc3C2)ccc1O. The Kier molecular flexibility index (Phi) is 5.76. The largest absolute Gasteiger partial charge is 0.504 e. The first-order chi connectivity index (χ1) is 14.0. The molecule has 0 unspecified atom stereocenters. The van der Waals surface area contributed by atoms with Crippen molar-refractivity contribution in [2.45, 2.75) is 51.7 Å². The zero-order chi connectivity index (χ0) is 20.4. The average molecular weight is 399 g/mol. The highest BCUT2D eigenvalue weighted by Gasteiger charge is 2.26. The Morgan fingerprint density at radius 1 is 1.17 bits per heavy atom. The predicted octanol–water partition coefficient (Wildman–Crippen LogP) is 2.67. The van der Waals surface area contributed by atoms with Crippen molar-refractivity contribution in [1.29, 1.82) is 0 Å². The van der Waals surface area contributed by atoms with Gasteiger partial charge in [-0.15, -0.1) is 0 Å². The number of aromatic hydroxyl groups is 1. The summed E-state index contributed by atoms with van der Waals surface area (Å²) in [5.74, 6) is 0.741. The van der Waals surface area contributed by atoms with E-state index in [-0.39, 0.29) is 11.7 Å². The van der Waals surface area contributed by atoms with E-state index < -0.39 is 0 Å². The molecule has 1 fully saturated rings. The molecule has 2 aromatic rings. The average Bonchev–Trinajstić information content (AvgIpc) is 3.35. The number of rotatable bonds is 5. The number of likely N-dealkylation sites (tertiary alicyclic amines) is 1. The van der Waals surface area contributed by atoms with Gasteiger partial charge in [0.1, 0.15) is 0 Å². The van der Waals surface area contributed by atoms with Crippen LogP contribution in [0.3, 0.4) is 0 Å². The molecule has 1 amide bonds. The zero-order valence-corrected chi connectivity index (χ0v) is 17.3. The van der Waals surface area contributed by atoms with E-state index in [1.54, 1.807) is 13.2 Å². The van der Waals surface area contributed by atoms with E-state index in [4.69, 9.17) is 4.74 Å². The molecule has 2 aliphatic heterocycles. The van der Waals surface area contributed by atoms with Gasteiger partial charge < -0.3 is 14.7 Å². The van der Waals surface area contributed by atoms with Crippen LogP contribution in [-0.4, -0.2) is 63.4 Å². The number of amides is 1. The number of methoxy groups -OCH3 is 1. The lowest BCUT2D eigenvalue weighted by Gasteiger charge is -2.27. The van der Waals surface area contributed by atoms with Gasteiger partial charge in [-0.3, -0.25) is 14.4 Å². The second kappa shape index (κ2) is 8.45. The van der Waals surface area contributed by atoms with Crippen molar-refractivity contribution in [2.24, 2.45) is 0 Å². The van der Waals surface area contributed by atoms with Gasteiger partial charge in [0.2, 0.25) is 0 Å². The molecule has 2 aliphatic rings. The minimum absolute atomic E-state index is 0.0684. The van der Waals surface area contributed by atoms with Crippen molar-refractivity contribution < 1.29 is 14.6 Å². The minimum Gasteiger partial charge on any atom is -0.504 e. The second-order valence-corrected chi connectivity index (χ2v) is 8.13. The Bertz CT molecular complexity index is 873. The van der Waals surface area contributed by atoms with Gasteiger partial charge in [-0.1, -0.05) is 6.07 Å². The highest BCUT2D eigenvalue weighted by Crippen LogP contribution is 2.27. The van der Waals surface area contributed by atoms with Gasteiger partial charge in [0.15, 0.2) is 17.2 Å². The molecule has 156 valence electrons. The molecule has 0 spiro atoms. The van der Waals surface area contributed by atoms with Gasteiger partial charge in [0, 0.05) is 38.8 Å². The number of benzene rings is 1. The maximum Gasteiger partial charge on any atom is 0.274 e. The van der Waals surface area contributed by atoms with Gasteiger partial charge in [0.05, 0.1) is 12.8 Å². The maximum atomic E-state index is 12.7. The van der Waals surface area contributed by atoms with Crippen LogP contribution >= 0.6 is 0 Å². The topological polar surface area (TPSA) is 70.8 Å². The summed E-state index contributed by atoms with van der Waals surface area (Å²) >= 11 is 0. The zero-order valence-electron chi connectivity index (χ0n) is 17.3. The molecule has 29 heavy (non-hydrogen) atoms. The first-order valence-corrected chi connectivity index (χ1v) is 10.5. The van der Waals surface area contributed by atoms with Gasteiger partial charge in [-0.25, -0.2) is 0 Å². The number of carbonyl (C=O) groups excluding carboxylic acids is 1. The van der Waals surface area contributed by atoms with Crippen LogP contribution in [0.5, 0.6) is 11.5 Å². The van der Waals surface area contributed by atoms with E-state index in [0.29, 0.717) is 17.5 Å². The number of phenolic OH excluding ortho intramolecular Hbond substituents is 1. The smallest absolute Gasteiger partial charge is 0.274 e. The van der Waals surface area contributed by atoms with Crippen molar-refractivity contribution in [1.82, 2.24) is 19.6 Å². The van der Waals surface area contributed by atoms with Crippen LogP contribution in [0.2, 0.25) is 0 Å². The number of carbonyl (C=O) groups is 1. The maximum absolute atomic E-state index is 12.7. The molecule has 1 aromatic heterocycles. The molecule has 1 N–H and O–H groups in total. The summed E-state index contributed by atoms with van der Waals surface area (Å²) in [5, 5.41) is 14.4. The van der Waals surface area contributed by atoms with Crippen LogP contribution in [0, 0.1) is 0 Å². The van der Waals surface area contributed by atoms with Crippen LogP contribution in [0.25, 0.3) is 0 Å². The fourth-order valence-electron chi connectivity index (χ4n) is 4.37. The summed E-state index contributed by atoms with van der Waals surface area (Å²) in [6.45, 7) is 6.55. The van der Waals surface area contributed by atoms with Gasteiger partial charge in [0.25, 0.3) is 5.91 Å². The Balaban J connectivity index is 1.46. The van der Waals surface area contributed by atoms with Crippen LogP contribution in [0.1, 0.15) is 47.9 Å².